The van der Waals surface area contributed by atoms with Gasteiger partial charge in [0.2, 0.25) is 0 Å². The summed E-state index contributed by atoms with van der Waals surface area (Å²) < 4.78 is 1.68. The fraction of sp³-hybridized carbons (Fsp3) is 0.333. The van der Waals surface area contributed by atoms with E-state index in [9.17, 15) is 10.1 Å². The van der Waals surface area contributed by atoms with Crippen LogP contribution in [0.15, 0.2) is 18.2 Å². The summed E-state index contributed by atoms with van der Waals surface area (Å²) in [5.74, 6) is 0.408. The number of nitro groups is 1. The van der Waals surface area contributed by atoms with Gasteiger partial charge in [-0.2, -0.15) is 0 Å². The van der Waals surface area contributed by atoms with Crippen LogP contribution in [0, 0.1) is 17.0 Å². The third-order valence-electron chi connectivity index (χ3n) is 3.14. The van der Waals surface area contributed by atoms with Crippen LogP contribution in [0.4, 0.5) is 11.5 Å². The van der Waals surface area contributed by atoms with Crippen molar-refractivity contribution >= 4 is 11.5 Å². The number of nitrogens with two attached hydrogens (primary N) is 1. The Hall–Kier alpha value is -2.44. The second-order valence-electron chi connectivity index (χ2n) is 4.25. The molecule has 1 aromatic heterocycles. The molecule has 2 rings (SSSR count). The standard InChI is InChI=1S/C12H15N5O2/c1-3-10-12(13)14-15-16(10)7-9-5-4-6-11(8(9)2)17(18)19/h4-6H,3,7,13H2,1-2H3. The monoisotopic (exact) mass is 261 g/mol. The van der Waals surface area contributed by atoms with E-state index in [0.717, 1.165) is 11.3 Å². The Balaban J connectivity index is 2.38. The quantitative estimate of drug-likeness (QED) is 0.666. The lowest BCUT2D eigenvalue weighted by Crippen LogP contribution is -2.08. The van der Waals surface area contributed by atoms with Crippen molar-refractivity contribution in [3.05, 3.63) is 45.1 Å². The van der Waals surface area contributed by atoms with E-state index in [0.29, 0.717) is 24.3 Å². The molecular weight excluding hydrogens is 246 g/mol. The Kier molecular flexibility index (Phi) is 3.46. The van der Waals surface area contributed by atoms with Crippen LogP contribution in [-0.4, -0.2) is 19.9 Å². The number of nitro benzene ring substituents is 1. The number of anilines is 1. The van der Waals surface area contributed by atoms with Gasteiger partial charge < -0.3 is 5.73 Å². The molecule has 19 heavy (non-hydrogen) atoms. The predicted molar refractivity (Wildman–Crippen MR) is 70.7 cm³/mol. The minimum Gasteiger partial charge on any atom is -0.381 e. The van der Waals surface area contributed by atoms with Crippen molar-refractivity contribution < 1.29 is 4.92 Å². The van der Waals surface area contributed by atoms with Crippen LogP contribution in [-0.2, 0) is 13.0 Å². The maximum absolute atomic E-state index is 10.9. The van der Waals surface area contributed by atoms with Crippen LogP contribution in [0.2, 0.25) is 0 Å². The summed E-state index contributed by atoms with van der Waals surface area (Å²) in [5.41, 5.74) is 8.16. The van der Waals surface area contributed by atoms with Gasteiger partial charge in [0.1, 0.15) is 0 Å². The number of benzene rings is 1. The molecule has 0 aliphatic rings. The van der Waals surface area contributed by atoms with Gasteiger partial charge in [0.05, 0.1) is 17.2 Å². The first-order valence-electron chi connectivity index (χ1n) is 5.95. The summed E-state index contributed by atoms with van der Waals surface area (Å²) in [6, 6.07) is 5.02. The van der Waals surface area contributed by atoms with E-state index in [2.05, 4.69) is 10.3 Å². The largest absolute Gasteiger partial charge is 0.381 e. The molecule has 0 aliphatic carbocycles. The van der Waals surface area contributed by atoms with E-state index in [1.807, 2.05) is 13.0 Å². The first-order valence-corrected chi connectivity index (χ1v) is 5.95. The summed E-state index contributed by atoms with van der Waals surface area (Å²) in [4.78, 5) is 10.5. The summed E-state index contributed by atoms with van der Waals surface area (Å²) >= 11 is 0. The third kappa shape index (κ3) is 2.40. The Morgan fingerprint density at radius 3 is 2.84 bits per heavy atom. The summed E-state index contributed by atoms with van der Waals surface area (Å²) in [6.07, 6.45) is 0.715. The number of rotatable bonds is 4. The average molecular weight is 261 g/mol. The van der Waals surface area contributed by atoms with Gasteiger partial charge in [0.25, 0.3) is 5.69 Å². The van der Waals surface area contributed by atoms with Gasteiger partial charge in [-0.05, 0) is 18.9 Å². The molecule has 1 heterocycles. The second-order valence-corrected chi connectivity index (χ2v) is 4.25. The third-order valence-corrected chi connectivity index (χ3v) is 3.14. The highest BCUT2D eigenvalue weighted by molar-refractivity contribution is 5.45. The maximum Gasteiger partial charge on any atom is 0.272 e. The lowest BCUT2D eigenvalue weighted by Gasteiger charge is -2.08. The average Bonchev–Trinajstić information content (AvgIpc) is 2.72. The van der Waals surface area contributed by atoms with Crippen molar-refractivity contribution in [1.82, 2.24) is 15.0 Å². The van der Waals surface area contributed by atoms with Gasteiger partial charge in [-0.1, -0.05) is 24.3 Å². The van der Waals surface area contributed by atoms with E-state index in [4.69, 9.17) is 5.73 Å². The topological polar surface area (TPSA) is 99.9 Å². The van der Waals surface area contributed by atoms with Gasteiger partial charge >= 0.3 is 0 Å². The SMILES string of the molecule is CCc1c(N)nnn1Cc1cccc([N+](=O)[O-])c1C. The van der Waals surface area contributed by atoms with Gasteiger partial charge in [0, 0.05) is 11.6 Å². The van der Waals surface area contributed by atoms with Crippen molar-refractivity contribution in [3.63, 3.8) is 0 Å². The lowest BCUT2D eigenvalue weighted by atomic mass is 10.1. The fourth-order valence-electron chi connectivity index (χ4n) is 2.04. The zero-order valence-electron chi connectivity index (χ0n) is 10.8. The van der Waals surface area contributed by atoms with Gasteiger partial charge in [0.15, 0.2) is 5.82 Å². The molecule has 100 valence electrons. The van der Waals surface area contributed by atoms with Crippen molar-refractivity contribution in [2.24, 2.45) is 0 Å². The Labute approximate surface area is 110 Å². The Bertz CT molecular complexity index is 621. The molecule has 2 aromatic rings. The van der Waals surface area contributed by atoms with Crippen LogP contribution in [0.25, 0.3) is 0 Å². The van der Waals surface area contributed by atoms with Gasteiger partial charge in [-0.15, -0.1) is 5.10 Å². The molecular formula is C12H15N5O2. The minimum atomic E-state index is -0.380. The molecule has 0 unspecified atom stereocenters. The van der Waals surface area contributed by atoms with Crippen LogP contribution < -0.4 is 5.73 Å². The van der Waals surface area contributed by atoms with Crippen molar-refractivity contribution in [2.45, 2.75) is 26.8 Å². The molecule has 0 bridgehead atoms. The first-order chi connectivity index (χ1) is 9.04. The molecule has 1 aromatic carbocycles. The first kappa shape index (κ1) is 13.0. The predicted octanol–water partition coefficient (Wildman–Crippen LogP) is 1.69. The Morgan fingerprint density at radius 1 is 1.47 bits per heavy atom. The molecule has 0 spiro atoms. The highest BCUT2D eigenvalue weighted by atomic mass is 16.6. The smallest absolute Gasteiger partial charge is 0.272 e. The highest BCUT2D eigenvalue weighted by Crippen LogP contribution is 2.22. The van der Waals surface area contributed by atoms with Crippen LogP contribution in [0.1, 0.15) is 23.7 Å². The van der Waals surface area contributed by atoms with Crippen molar-refractivity contribution in [1.29, 1.82) is 0 Å². The zero-order valence-corrected chi connectivity index (χ0v) is 10.8. The highest BCUT2D eigenvalue weighted by Gasteiger charge is 2.15. The molecule has 0 aliphatic heterocycles. The summed E-state index contributed by atoms with van der Waals surface area (Å²) in [7, 11) is 0. The Morgan fingerprint density at radius 2 is 2.21 bits per heavy atom. The van der Waals surface area contributed by atoms with Crippen molar-refractivity contribution in [3.8, 4) is 0 Å². The lowest BCUT2D eigenvalue weighted by molar-refractivity contribution is -0.385. The van der Waals surface area contributed by atoms with E-state index >= 15 is 0 Å². The number of aromatic nitrogens is 3. The maximum atomic E-state index is 10.9. The summed E-state index contributed by atoms with van der Waals surface area (Å²) in [5, 5.41) is 18.7. The second kappa shape index (κ2) is 5.05. The molecule has 7 heteroatoms. The molecule has 7 nitrogen and oxygen atoms in total. The minimum absolute atomic E-state index is 0.114. The van der Waals surface area contributed by atoms with E-state index < -0.39 is 0 Å². The van der Waals surface area contributed by atoms with Gasteiger partial charge in [-0.3, -0.25) is 10.1 Å². The normalized spacial score (nSPS) is 10.6. The number of hydrogen-bond donors (Lipinski definition) is 1. The molecule has 0 fully saturated rings. The molecule has 0 radical (unpaired) electrons. The van der Waals surface area contributed by atoms with Gasteiger partial charge in [-0.25, -0.2) is 4.68 Å². The van der Waals surface area contributed by atoms with E-state index in [1.54, 1.807) is 17.7 Å². The number of nitrogen functional groups attached to an aromatic ring is 1. The fourth-order valence-corrected chi connectivity index (χ4v) is 2.04. The van der Waals surface area contributed by atoms with E-state index in [1.165, 1.54) is 6.07 Å². The van der Waals surface area contributed by atoms with Crippen molar-refractivity contribution in [2.75, 3.05) is 5.73 Å². The van der Waals surface area contributed by atoms with E-state index in [-0.39, 0.29) is 10.6 Å². The van der Waals surface area contributed by atoms with Crippen LogP contribution in [0.5, 0.6) is 0 Å². The molecule has 0 atom stereocenters. The molecule has 2 N–H and O–H groups in total. The zero-order chi connectivity index (χ0) is 14.0. The number of nitrogens with zero attached hydrogens (tertiary/aromatic N) is 4. The molecule has 0 amide bonds. The molecule has 0 saturated carbocycles. The number of hydrogen-bond acceptors (Lipinski definition) is 5. The molecule has 0 saturated heterocycles. The summed E-state index contributed by atoms with van der Waals surface area (Å²) in [6.45, 7) is 4.13. The van der Waals surface area contributed by atoms with Crippen LogP contribution in [0.3, 0.4) is 0 Å². The van der Waals surface area contributed by atoms with Crippen LogP contribution >= 0.6 is 0 Å².